The van der Waals surface area contributed by atoms with Gasteiger partial charge in [0.05, 0.1) is 5.75 Å². The quantitative estimate of drug-likeness (QED) is 0.870. The molecule has 0 radical (unpaired) electrons. The van der Waals surface area contributed by atoms with Crippen molar-refractivity contribution in [2.75, 3.05) is 11.6 Å². The molecular formula is C14H21ClN2O3S. The van der Waals surface area contributed by atoms with Gasteiger partial charge in [-0.05, 0) is 30.5 Å². The Kier molecular flexibility index (Phi) is 6.04. The first-order chi connectivity index (χ1) is 9.58. The number of anilines is 1. The minimum absolute atomic E-state index is 0.00235. The molecule has 0 aliphatic heterocycles. The number of amides is 2. The first-order valence-electron chi connectivity index (χ1n) is 6.62. The summed E-state index contributed by atoms with van der Waals surface area (Å²) in [5.41, 5.74) is 0.913. The fourth-order valence-corrected chi connectivity index (χ4v) is 2.59. The lowest BCUT2D eigenvalue weighted by Gasteiger charge is -2.19. The number of benzene rings is 1. The molecule has 0 saturated carbocycles. The van der Waals surface area contributed by atoms with Gasteiger partial charge in [0, 0.05) is 23.0 Å². The smallest absolute Gasteiger partial charge is 0.319 e. The van der Waals surface area contributed by atoms with E-state index in [2.05, 4.69) is 10.6 Å². The van der Waals surface area contributed by atoms with E-state index in [4.69, 9.17) is 11.6 Å². The highest BCUT2D eigenvalue weighted by Gasteiger charge is 2.14. The van der Waals surface area contributed by atoms with Crippen molar-refractivity contribution < 1.29 is 13.2 Å². The van der Waals surface area contributed by atoms with Gasteiger partial charge < -0.3 is 10.6 Å². The van der Waals surface area contributed by atoms with Crippen molar-refractivity contribution in [3.8, 4) is 0 Å². The van der Waals surface area contributed by atoms with Crippen LogP contribution in [0.2, 0.25) is 5.02 Å². The maximum absolute atomic E-state index is 11.9. The number of hydrogen-bond acceptors (Lipinski definition) is 3. The molecule has 7 heteroatoms. The van der Waals surface area contributed by atoms with Crippen molar-refractivity contribution in [2.24, 2.45) is 5.92 Å². The van der Waals surface area contributed by atoms with E-state index in [1.165, 1.54) is 0 Å². The average molecular weight is 333 g/mol. The SMILES string of the molecule is CC(C)C(C)NC(=O)Nc1cc(Cl)ccc1CS(C)(=O)=O. The molecule has 0 fully saturated rings. The van der Waals surface area contributed by atoms with E-state index in [-0.39, 0.29) is 17.8 Å². The Hall–Kier alpha value is -1.27. The minimum atomic E-state index is -3.20. The summed E-state index contributed by atoms with van der Waals surface area (Å²) in [5, 5.41) is 5.89. The molecule has 0 heterocycles. The molecule has 1 unspecified atom stereocenters. The zero-order valence-corrected chi connectivity index (χ0v) is 14.2. The van der Waals surface area contributed by atoms with Crippen molar-refractivity contribution in [3.05, 3.63) is 28.8 Å². The van der Waals surface area contributed by atoms with Crippen LogP contribution < -0.4 is 10.6 Å². The van der Waals surface area contributed by atoms with Crippen molar-refractivity contribution in [3.63, 3.8) is 0 Å². The molecule has 0 aliphatic carbocycles. The second kappa shape index (κ2) is 7.13. The maximum Gasteiger partial charge on any atom is 0.319 e. The molecule has 0 aliphatic rings. The molecule has 0 spiro atoms. The number of urea groups is 1. The number of carbonyl (C=O) groups excluding carboxylic acids is 1. The number of nitrogens with one attached hydrogen (secondary N) is 2. The van der Waals surface area contributed by atoms with Crippen LogP contribution >= 0.6 is 11.6 Å². The first kappa shape index (κ1) is 17.8. The average Bonchev–Trinajstić information content (AvgIpc) is 2.30. The zero-order chi connectivity index (χ0) is 16.2. The van der Waals surface area contributed by atoms with Gasteiger partial charge in [-0.3, -0.25) is 0 Å². The summed E-state index contributed by atoms with van der Waals surface area (Å²) in [6, 6.07) is 4.37. The molecule has 2 N–H and O–H groups in total. The van der Waals surface area contributed by atoms with E-state index in [1.807, 2.05) is 20.8 Å². The van der Waals surface area contributed by atoms with Crippen LogP contribution in [-0.2, 0) is 15.6 Å². The van der Waals surface area contributed by atoms with E-state index in [1.54, 1.807) is 18.2 Å². The fourth-order valence-electron chi connectivity index (χ4n) is 1.61. The number of sulfone groups is 1. The Balaban J connectivity index is 2.91. The number of rotatable bonds is 5. The van der Waals surface area contributed by atoms with Crippen molar-refractivity contribution in [2.45, 2.75) is 32.6 Å². The van der Waals surface area contributed by atoms with Gasteiger partial charge in [-0.25, -0.2) is 13.2 Å². The molecule has 1 aromatic rings. The van der Waals surface area contributed by atoms with Gasteiger partial charge in [0.1, 0.15) is 0 Å². The van der Waals surface area contributed by atoms with E-state index in [9.17, 15) is 13.2 Å². The van der Waals surface area contributed by atoms with Gasteiger partial charge in [-0.15, -0.1) is 0 Å². The molecule has 21 heavy (non-hydrogen) atoms. The first-order valence-corrected chi connectivity index (χ1v) is 9.06. The molecule has 118 valence electrons. The van der Waals surface area contributed by atoms with Gasteiger partial charge >= 0.3 is 6.03 Å². The lowest BCUT2D eigenvalue weighted by Crippen LogP contribution is -2.39. The number of halogens is 1. The van der Waals surface area contributed by atoms with Gasteiger partial charge in [-0.2, -0.15) is 0 Å². The fraction of sp³-hybridized carbons (Fsp3) is 0.500. The minimum Gasteiger partial charge on any atom is -0.335 e. The monoisotopic (exact) mass is 332 g/mol. The lowest BCUT2D eigenvalue weighted by atomic mass is 10.1. The summed E-state index contributed by atoms with van der Waals surface area (Å²) in [4.78, 5) is 11.9. The summed E-state index contributed by atoms with van der Waals surface area (Å²) >= 11 is 5.91. The Morgan fingerprint density at radius 2 is 1.90 bits per heavy atom. The second-order valence-electron chi connectivity index (χ2n) is 5.50. The van der Waals surface area contributed by atoms with Crippen molar-refractivity contribution in [1.29, 1.82) is 0 Å². The molecule has 5 nitrogen and oxygen atoms in total. The van der Waals surface area contributed by atoms with Crippen LogP contribution in [0.25, 0.3) is 0 Å². The predicted octanol–water partition coefficient (Wildman–Crippen LogP) is 3.05. The predicted molar refractivity (Wildman–Crippen MR) is 86.5 cm³/mol. The molecule has 1 rings (SSSR count). The van der Waals surface area contributed by atoms with Gasteiger partial charge in [0.25, 0.3) is 0 Å². The highest BCUT2D eigenvalue weighted by molar-refractivity contribution is 7.89. The molecule has 0 aromatic heterocycles. The summed E-state index contributed by atoms with van der Waals surface area (Å²) in [7, 11) is -3.20. The molecule has 2 amide bonds. The van der Waals surface area contributed by atoms with Gasteiger partial charge in [0.2, 0.25) is 0 Å². The normalized spacial score (nSPS) is 13.0. The van der Waals surface area contributed by atoms with E-state index in [0.29, 0.717) is 22.2 Å². The maximum atomic E-state index is 11.9. The largest absolute Gasteiger partial charge is 0.335 e. The molecule has 1 aromatic carbocycles. The Labute approximate surface area is 131 Å². The zero-order valence-electron chi connectivity index (χ0n) is 12.6. The molecule has 1 atom stereocenters. The van der Waals surface area contributed by atoms with Crippen LogP contribution in [0.4, 0.5) is 10.5 Å². The van der Waals surface area contributed by atoms with Crippen molar-refractivity contribution >= 4 is 33.2 Å². The Morgan fingerprint density at radius 3 is 2.43 bits per heavy atom. The van der Waals surface area contributed by atoms with Crippen LogP contribution in [0.3, 0.4) is 0 Å². The van der Waals surface area contributed by atoms with E-state index >= 15 is 0 Å². The summed E-state index contributed by atoms with van der Waals surface area (Å²) in [5.74, 6) is 0.144. The topological polar surface area (TPSA) is 75.3 Å². The Bertz CT molecular complexity index is 615. The number of hydrogen-bond donors (Lipinski definition) is 2. The highest BCUT2D eigenvalue weighted by Crippen LogP contribution is 2.23. The third kappa shape index (κ3) is 6.35. The lowest BCUT2D eigenvalue weighted by molar-refractivity contribution is 0.246. The highest BCUT2D eigenvalue weighted by atomic mass is 35.5. The van der Waals surface area contributed by atoms with E-state index in [0.717, 1.165) is 6.26 Å². The standard InChI is InChI=1S/C14H21ClN2O3S/c1-9(2)10(3)16-14(18)17-13-7-12(15)6-5-11(13)8-21(4,19)20/h5-7,9-10H,8H2,1-4H3,(H2,16,17,18). The molecular weight excluding hydrogens is 312 g/mol. The third-order valence-corrected chi connectivity index (χ3v) is 4.17. The summed E-state index contributed by atoms with van der Waals surface area (Å²) in [6.07, 6.45) is 1.15. The van der Waals surface area contributed by atoms with Crippen LogP contribution in [0.5, 0.6) is 0 Å². The van der Waals surface area contributed by atoms with Gasteiger partial charge in [-0.1, -0.05) is 31.5 Å². The molecule has 0 saturated heterocycles. The third-order valence-electron chi connectivity index (χ3n) is 3.10. The van der Waals surface area contributed by atoms with Crippen molar-refractivity contribution in [1.82, 2.24) is 5.32 Å². The van der Waals surface area contributed by atoms with Crippen LogP contribution in [0.15, 0.2) is 18.2 Å². The van der Waals surface area contributed by atoms with Crippen LogP contribution in [0, 0.1) is 5.92 Å². The Morgan fingerprint density at radius 1 is 1.29 bits per heavy atom. The van der Waals surface area contributed by atoms with E-state index < -0.39 is 9.84 Å². The second-order valence-corrected chi connectivity index (χ2v) is 8.08. The van der Waals surface area contributed by atoms with Crippen LogP contribution in [-0.4, -0.2) is 26.7 Å². The summed E-state index contributed by atoms with van der Waals surface area (Å²) < 4.78 is 22.9. The summed E-state index contributed by atoms with van der Waals surface area (Å²) in [6.45, 7) is 5.90. The van der Waals surface area contributed by atoms with Crippen LogP contribution in [0.1, 0.15) is 26.3 Å². The molecule has 0 bridgehead atoms. The number of carbonyl (C=O) groups is 1. The van der Waals surface area contributed by atoms with Gasteiger partial charge in [0.15, 0.2) is 9.84 Å².